The minimum atomic E-state index is -0.655. The third-order valence-electron chi connectivity index (χ3n) is 4.20. The summed E-state index contributed by atoms with van der Waals surface area (Å²) in [5.74, 6) is -1.68. The third-order valence-corrected chi connectivity index (χ3v) is 4.20. The molecule has 0 heterocycles. The van der Waals surface area contributed by atoms with Crippen LogP contribution < -0.4 is 5.32 Å². The Morgan fingerprint density at radius 2 is 1.32 bits per heavy atom. The molecule has 144 valence electrons. The highest BCUT2D eigenvalue weighted by molar-refractivity contribution is 6.36. The van der Waals surface area contributed by atoms with Gasteiger partial charge in [0.2, 0.25) is 5.78 Å². The molecule has 0 aromatic rings. The van der Waals surface area contributed by atoms with Crippen LogP contribution in [0.2, 0.25) is 0 Å². The highest BCUT2D eigenvalue weighted by Crippen LogP contribution is 2.12. The van der Waals surface area contributed by atoms with Crippen LogP contribution in [-0.2, 0) is 19.1 Å². The van der Waals surface area contributed by atoms with E-state index >= 15 is 0 Å². The summed E-state index contributed by atoms with van der Waals surface area (Å²) >= 11 is 0. The van der Waals surface area contributed by atoms with Gasteiger partial charge >= 0.3 is 5.97 Å². The molecule has 0 saturated heterocycles. The van der Waals surface area contributed by atoms with Crippen molar-refractivity contribution in [2.75, 3.05) is 13.7 Å². The first-order chi connectivity index (χ1) is 12.0. The molecule has 0 atom stereocenters. The van der Waals surface area contributed by atoms with Gasteiger partial charge in [-0.3, -0.25) is 9.59 Å². The number of hydrogen-bond donors (Lipinski definition) is 1. The van der Waals surface area contributed by atoms with Crippen LogP contribution in [0.25, 0.3) is 0 Å². The maximum atomic E-state index is 11.7. The molecular weight excluding hydrogens is 318 g/mol. The smallest absolute Gasteiger partial charge is 0.334 e. The lowest BCUT2D eigenvalue weighted by molar-refractivity contribution is -0.138. The number of nitrogens with one attached hydrogen (secondary N) is 1. The molecule has 1 N–H and O–H groups in total. The fourth-order valence-electron chi connectivity index (χ4n) is 2.57. The van der Waals surface area contributed by atoms with E-state index in [-0.39, 0.29) is 18.5 Å². The van der Waals surface area contributed by atoms with Crippen LogP contribution in [-0.4, -0.2) is 31.3 Å². The zero-order chi connectivity index (χ0) is 18.9. The van der Waals surface area contributed by atoms with E-state index in [1.165, 1.54) is 58.5 Å². The van der Waals surface area contributed by atoms with Gasteiger partial charge in [0, 0.05) is 18.5 Å². The van der Waals surface area contributed by atoms with E-state index in [1.54, 1.807) is 0 Å². The van der Waals surface area contributed by atoms with Gasteiger partial charge in [0.15, 0.2) is 0 Å². The molecule has 0 aliphatic rings. The number of esters is 1. The number of ether oxygens (including phenoxy) is 1. The minimum absolute atomic E-state index is 0.0600. The summed E-state index contributed by atoms with van der Waals surface area (Å²) in [5, 5.41) is 2.40. The number of unbranched alkanes of at least 4 members (excludes halogenated alkanes) is 10. The Bertz CT molecular complexity index is 418. The summed E-state index contributed by atoms with van der Waals surface area (Å²) in [5.41, 5.74) is 0.123. The number of rotatable bonds is 16. The molecule has 0 unspecified atom stereocenters. The summed E-state index contributed by atoms with van der Waals surface area (Å²) < 4.78 is 4.47. The summed E-state index contributed by atoms with van der Waals surface area (Å²) in [7, 11) is 1.24. The first kappa shape index (κ1) is 23.4. The topological polar surface area (TPSA) is 72.5 Å². The number of methoxy groups -OCH3 is 1. The molecule has 0 spiro atoms. The second-order valence-electron chi connectivity index (χ2n) is 6.49. The molecule has 5 heteroatoms. The highest BCUT2D eigenvalue weighted by Gasteiger charge is 2.14. The van der Waals surface area contributed by atoms with Gasteiger partial charge in [-0.05, 0) is 6.42 Å². The molecule has 0 aromatic carbocycles. The largest absolute Gasteiger partial charge is 0.466 e. The number of ketones is 1. The van der Waals surface area contributed by atoms with Crippen molar-refractivity contribution < 1.29 is 19.1 Å². The van der Waals surface area contributed by atoms with Crippen molar-refractivity contribution in [3.63, 3.8) is 0 Å². The van der Waals surface area contributed by atoms with Crippen molar-refractivity contribution in [3.05, 3.63) is 12.2 Å². The van der Waals surface area contributed by atoms with Gasteiger partial charge in [-0.2, -0.15) is 0 Å². The quantitative estimate of drug-likeness (QED) is 0.196. The molecule has 0 aliphatic carbocycles. The highest BCUT2D eigenvalue weighted by atomic mass is 16.5. The van der Waals surface area contributed by atoms with E-state index in [0.29, 0.717) is 0 Å². The zero-order valence-electron chi connectivity index (χ0n) is 16.0. The Labute approximate surface area is 152 Å². The molecular formula is C20H35NO4. The predicted octanol–water partition coefficient (Wildman–Crippen LogP) is 4.10. The summed E-state index contributed by atoms with van der Waals surface area (Å²) in [6, 6.07) is 0. The number of hydrogen-bond acceptors (Lipinski definition) is 4. The Kier molecular flexibility index (Phi) is 14.8. The van der Waals surface area contributed by atoms with Crippen molar-refractivity contribution in [1.29, 1.82) is 0 Å². The van der Waals surface area contributed by atoms with Gasteiger partial charge in [-0.25, -0.2) is 4.79 Å². The van der Waals surface area contributed by atoms with E-state index in [4.69, 9.17) is 0 Å². The second kappa shape index (κ2) is 15.9. The normalized spacial score (nSPS) is 10.3. The number of amides is 1. The molecule has 1 amide bonds. The van der Waals surface area contributed by atoms with Crippen molar-refractivity contribution in [2.45, 2.75) is 84.0 Å². The average Bonchev–Trinajstić information content (AvgIpc) is 2.62. The average molecular weight is 354 g/mol. The van der Waals surface area contributed by atoms with E-state index in [1.807, 2.05) is 0 Å². The lowest BCUT2D eigenvalue weighted by Crippen LogP contribution is -2.33. The molecule has 25 heavy (non-hydrogen) atoms. The summed E-state index contributed by atoms with van der Waals surface area (Å²) in [6.07, 6.45) is 13.5. The van der Waals surface area contributed by atoms with E-state index in [2.05, 4.69) is 23.6 Å². The van der Waals surface area contributed by atoms with Crippen LogP contribution in [0.3, 0.4) is 0 Å². The van der Waals surface area contributed by atoms with E-state index < -0.39 is 17.7 Å². The number of Topliss-reactive ketones (excluding diaryl/α,β-unsaturated/α-hetero) is 1. The SMILES string of the molecule is C=C(CNC(=O)C(=O)CCCCCCCCCCCCC)C(=O)OC. The Hall–Kier alpha value is -1.65. The maximum Gasteiger partial charge on any atom is 0.334 e. The van der Waals surface area contributed by atoms with Crippen molar-refractivity contribution >= 4 is 17.7 Å². The Balaban J connectivity index is 3.52. The van der Waals surface area contributed by atoms with Gasteiger partial charge in [0.05, 0.1) is 7.11 Å². The van der Waals surface area contributed by atoms with Crippen LogP contribution in [0.4, 0.5) is 0 Å². The Morgan fingerprint density at radius 1 is 0.840 bits per heavy atom. The van der Waals surface area contributed by atoms with Gasteiger partial charge in [0.25, 0.3) is 5.91 Å². The van der Waals surface area contributed by atoms with Crippen LogP contribution >= 0.6 is 0 Å². The van der Waals surface area contributed by atoms with Gasteiger partial charge in [0.1, 0.15) is 0 Å². The fraction of sp³-hybridized carbons (Fsp3) is 0.750. The molecule has 0 aromatic heterocycles. The second-order valence-corrected chi connectivity index (χ2v) is 6.49. The van der Waals surface area contributed by atoms with Crippen molar-refractivity contribution in [1.82, 2.24) is 5.32 Å². The van der Waals surface area contributed by atoms with Gasteiger partial charge < -0.3 is 10.1 Å². The van der Waals surface area contributed by atoms with Crippen molar-refractivity contribution in [2.24, 2.45) is 0 Å². The third kappa shape index (κ3) is 13.3. The molecule has 0 fully saturated rings. The first-order valence-electron chi connectivity index (χ1n) is 9.60. The van der Waals surface area contributed by atoms with E-state index in [9.17, 15) is 14.4 Å². The van der Waals surface area contributed by atoms with Crippen LogP contribution in [0.1, 0.15) is 84.0 Å². The predicted molar refractivity (Wildman–Crippen MR) is 100 cm³/mol. The van der Waals surface area contributed by atoms with Crippen molar-refractivity contribution in [3.8, 4) is 0 Å². The van der Waals surface area contributed by atoms with Crippen LogP contribution in [0, 0.1) is 0 Å². The lowest BCUT2D eigenvalue weighted by atomic mass is 10.0. The van der Waals surface area contributed by atoms with Crippen LogP contribution in [0.15, 0.2) is 12.2 Å². The molecule has 0 bridgehead atoms. The summed E-state index contributed by atoms with van der Waals surface area (Å²) in [4.78, 5) is 34.4. The fourth-order valence-corrected chi connectivity index (χ4v) is 2.57. The maximum absolute atomic E-state index is 11.7. The molecule has 0 saturated carbocycles. The number of carbonyl (C=O) groups excluding carboxylic acids is 3. The number of carbonyl (C=O) groups is 3. The Morgan fingerprint density at radius 3 is 1.80 bits per heavy atom. The minimum Gasteiger partial charge on any atom is -0.466 e. The van der Waals surface area contributed by atoms with E-state index in [0.717, 1.165) is 19.3 Å². The molecule has 0 rings (SSSR count). The zero-order valence-corrected chi connectivity index (χ0v) is 16.0. The molecule has 5 nitrogen and oxygen atoms in total. The standard InChI is InChI=1S/C20H35NO4/c1-4-5-6-7-8-9-10-11-12-13-14-15-18(22)19(23)21-16-17(2)20(24)25-3/h2,4-16H2,1,3H3,(H,21,23). The molecule has 0 radical (unpaired) electrons. The first-order valence-corrected chi connectivity index (χ1v) is 9.60. The van der Waals surface area contributed by atoms with Gasteiger partial charge in [-0.1, -0.05) is 77.7 Å². The lowest BCUT2D eigenvalue weighted by Gasteiger charge is -2.06. The van der Waals surface area contributed by atoms with Crippen LogP contribution in [0.5, 0.6) is 0 Å². The monoisotopic (exact) mass is 353 g/mol. The molecule has 0 aliphatic heterocycles. The van der Waals surface area contributed by atoms with Gasteiger partial charge in [-0.15, -0.1) is 0 Å². The summed E-state index contributed by atoms with van der Waals surface area (Å²) in [6.45, 7) is 5.66.